The van der Waals surface area contributed by atoms with Crippen LogP contribution in [0.25, 0.3) is 0 Å². The SMILES string of the molecule is CC[Si](CC)(CC)O[C@H]1C[C@H]2OC[C@@]2(OC(C)=O)[C@H]2[C@H](OC(=O)c3ccccc3)[C@]3(O)C[C@H](OC(=O)[C@H](OCOCc4ccccc4)[C@@H](N)c4ccccc4)C(C)=C([C@@H](OC(C)=O)C(=O)[C@]12C)C3(C)C. The molecule has 2 saturated carbocycles. The van der Waals surface area contributed by atoms with E-state index in [0.29, 0.717) is 29.3 Å². The summed E-state index contributed by atoms with van der Waals surface area (Å²) in [6, 6.07) is 27.5. The zero-order chi connectivity index (χ0) is 50.8. The number of ketones is 1. The molecule has 0 radical (unpaired) electrons. The van der Waals surface area contributed by atoms with Crippen molar-refractivity contribution in [2.75, 3.05) is 13.4 Å². The number of nitrogens with two attached hydrogens (primary N) is 1. The van der Waals surface area contributed by atoms with Crippen LogP contribution in [0.2, 0.25) is 18.1 Å². The molecular weight excluding hydrogens is 915 g/mol. The molecular formula is C54H69NO14Si. The highest BCUT2D eigenvalue weighted by Crippen LogP contribution is 2.65. The maximum atomic E-state index is 16.4. The monoisotopic (exact) mass is 983 g/mol. The van der Waals surface area contributed by atoms with Gasteiger partial charge in [0.2, 0.25) is 0 Å². The number of fused-ring (bicyclic) bond motifs is 5. The van der Waals surface area contributed by atoms with E-state index in [1.807, 2.05) is 36.4 Å². The summed E-state index contributed by atoms with van der Waals surface area (Å²) in [6.07, 6.45) is -8.34. The third-order valence-electron chi connectivity index (χ3n) is 15.9. The van der Waals surface area contributed by atoms with Crippen LogP contribution in [0.15, 0.2) is 102 Å². The second-order valence-electron chi connectivity index (χ2n) is 20.0. The predicted molar refractivity (Wildman–Crippen MR) is 259 cm³/mol. The first-order valence-electron chi connectivity index (χ1n) is 24.4. The van der Waals surface area contributed by atoms with Crippen LogP contribution < -0.4 is 5.73 Å². The molecule has 3 aromatic rings. The van der Waals surface area contributed by atoms with Gasteiger partial charge in [-0.3, -0.25) is 14.4 Å². The molecule has 7 rings (SSSR count). The lowest BCUT2D eigenvalue weighted by Gasteiger charge is -2.68. The second kappa shape index (κ2) is 20.9. The van der Waals surface area contributed by atoms with Crippen LogP contribution in [0.1, 0.15) is 103 Å². The van der Waals surface area contributed by atoms with Crippen LogP contribution in [0.5, 0.6) is 0 Å². The number of carbonyl (C=O) groups is 5. The van der Waals surface area contributed by atoms with Gasteiger partial charge in [-0.05, 0) is 66.4 Å². The Bertz CT molecular complexity index is 2400. The van der Waals surface area contributed by atoms with E-state index in [-0.39, 0.29) is 37.6 Å². The molecule has 2 bridgehead atoms. The third kappa shape index (κ3) is 9.55. The average molecular weight is 984 g/mol. The highest BCUT2D eigenvalue weighted by molar-refractivity contribution is 6.73. The molecule has 0 aromatic heterocycles. The van der Waals surface area contributed by atoms with E-state index in [1.165, 1.54) is 13.8 Å². The first-order valence-corrected chi connectivity index (χ1v) is 26.9. The topological polar surface area (TPSA) is 205 Å². The maximum absolute atomic E-state index is 16.4. The molecule has 3 aromatic carbocycles. The Morgan fingerprint density at radius 1 is 0.843 bits per heavy atom. The number of ether oxygens (including phenoxy) is 7. The van der Waals surface area contributed by atoms with Gasteiger partial charge in [-0.2, -0.15) is 0 Å². The summed E-state index contributed by atoms with van der Waals surface area (Å²) in [7, 11) is -2.62. The highest BCUT2D eigenvalue weighted by Gasteiger charge is 2.79. The largest absolute Gasteiger partial charge is 0.456 e. The summed E-state index contributed by atoms with van der Waals surface area (Å²) < 4.78 is 51.3. The molecule has 1 saturated heterocycles. The van der Waals surface area contributed by atoms with E-state index in [0.717, 1.165) is 5.56 Å². The molecule has 0 unspecified atom stereocenters. The van der Waals surface area contributed by atoms with Gasteiger partial charge in [-0.15, -0.1) is 0 Å². The van der Waals surface area contributed by atoms with Gasteiger partial charge in [0, 0.05) is 32.1 Å². The molecule has 0 spiro atoms. The Morgan fingerprint density at radius 2 is 1.44 bits per heavy atom. The Labute approximate surface area is 411 Å². The van der Waals surface area contributed by atoms with E-state index < -0.39 is 115 Å². The molecule has 3 N–H and O–H groups in total. The number of rotatable bonds is 18. The molecule has 3 fully saturated rings. The summed E-state index contributed by atoms with van der Waals surface area (Å²) >= 11 is 0. The van der Waals surface area contributed by atoms with Gasteiger partial charge in [0.05, 0.1) is 42.3 Å². The minimum absolute atomic E-state index is 0.102. The van der Waals surface area contributed by atoms with Gasteiger partial charge in [-0.1, -0.05) is 113 Å². The molecule has 378 valence electrons. The molecule has 11 atom stereocenters. The van der Waals surface area contributed by atoms with Crippen LogP contribution in [0.3, 0.4) is 0 Å². The minimum atomic E-state index is -2.62. The van der Waals surface area contributed by atoms with E-state index in [4.69, 9.17) is 43.3 Å². The Morgan fingerprint density at radius 3 is 2.00 bits per heavy atom. The average Bonchev–Trinajstić information content (AvgIpc) is 3.34. The molecule has 4 aliphatic rings. The number of esters is 4. The highest BCUT2D eigenvalue weighted by atomic mass is 28.4. The standard InChI is InChI=1S/C54H69NO14Si/c1-10-70(11-2,12-3)69-40-28-41-53(31-63-41,68-35(6)57)46-48(67-49(59)38-26-20-15-21-27-38)54(61)29-39(33(4)42(51(54,7)8)44(65-34(5)56)47(58)52(40,46)9)66-50(60)45(43(55)37-24-18-14-19-25-37)64-32-62-30-36-22-16-13-17-23-36/h13-27,39-41,43-46,48,61H,10-12,28-32,55H2,1-9H3/t39-,40-,41+,43-,44+,45+,46-,48-,52+,53-,54+/m0/s1. The van der Waals surface area contributed by atoms with E-state index in [9.17, 15) is 24.3 Å². The van der Waals surface area contributed by atoms with Crippen molar-refractivity contribution in [3.63, 3.8) is 0 Å². The maximum Gasteiger partial charge on any atom is 0.338 e. The normalized spacial score (nSPS) is 30.0. The van der Waals surface area contributed by atoms with Crippen molar-refractivity contribution >= 4 is 38.0 Å². The predicted octanol–water partition coefficient (Wildman–Crippen LogP) is 7.49. The van der Waals surface area contributed by atoms with Crippen molar-refractivity contribution < 1.29 is 66.7 Å². The molecule has 1 heterocycles. The van der Waals surface area contributed by atoms with E-state index in [2.05, 4.69) is 20.8 Å². The van der Waals surface area contributed by atoms with Gasteiger partial charge in [-0.25, -0.2) is 9.59 Å². The van der Waals surface area contributed by atoms with Gasteiger partial charge in [0.1, 0.15) is 30.7 Å². The second-order valence-corrected chi connectivity index (χ2v) is 24.7. The quantitative estimate of drug-likeness (QED) is 0.0316. The Kier molecular flexibility index (Phi) is 15.8. The summed E-state index contributed by atoms with van der Waals surface area (Å²) in [5, 5.41) is 14.2. The number of hydrogen-bond acceptors (Lipinski definition) is 15. The number of aliphatic hydroxyl groups is 1. The first-order chi connectivity index (χ1) is 33.2. The summed E-state index contributed by atoms with van der Waals surface area (Å²) in [6.45, 7) is 14.9. The van der Waals surface area contributed by atoms with E-state index >= 15 is 4.79 Å². The van der Waals surface area contributed by atoms with Gasteiger partial charge in [0.25, 0.3) is 0 Å². The van der Waals surface area contributed by atoms with Crippen molar-refractivity contribution in [1.82, 2.24) is 0 Å². The van der Waals surface area contributed by atoms with Crippen LogP contribution in [-0.2, 0) is 63.4 Å². The van der Waals surface area contributed by atoms with Crippen molar-refractivity contribution in [2.45, 2.75) is 154 Å². The fourth-order valence-electron chi connectivity index (χ4n) is 11.7. The number of benzene rings is 3. The molecule has 15 nitrogen and oxygen atoms in total. The smallest absolute Gasteiger partial charge is 0.338 e. The zero-order valence-electron chi connectivity index (χ0n) is 41.8. The van der Waals surface area contributed by atoms with Gasteiger partial charge in [0.15, 0.2) is 31.9 Å². The number of Topliss-reactive ketones (excluding diaryl/α,β-unsaturated/α-hetero) is 1. The van der Waals surface area contributed by atoms with Crippen molar-refractivity contribution in [1.29, 1.82) is 0 Å². The molecule has 16 heteroatoms. The first kappa shape index (κ1) is 52.7. The van der Waals surface area contributed by atoms with Crippen LogP contribution in [0, 0.1) is 16.7 Å². The van der Waals surface area contributed by atoms with Crippen LogP contribution in [-0.4, -0.2) is 104 Å². The molecule has 70 heavy (non-hydrogen) atoms. The molecule has 1 aliphatic heterocycles. The van der Waals surface area contributed by atoms with E-state index in [1.54, 1.807) is 82.3 Å². The summed E-state index contributed by atoms with van der Waals surface area (Å²) in [5.74, 6) is -5.26. The zero-order valence-corrected chi connectivity index (χ0v) is 42.8. The molecule has 3 aliphatic carbocycles. The lowest BCUT2D eigenvalue weighted by Crippen LogP contribution is -2.82. The minimum Gasteiger partial charge on any atom is -0.456 e. The van der Waals surface area contributed by atoms with Gasteiger partial charge >= 0.3 is 23.9 Å². The van der Waals surface area contributed by atoms with Crippen molar-refractivity contribution in [3.05, 3.63) is 119 Å². The Balaban J connectivity index is 1.42. The fraction of sp³-hybridized carbons (Fsp3) is 0.537. The number of carbonyl (C=O) groups excluding carboxylic acids is 5. The summed E-state index contributed by atoms with van der Waals surface area (Å²) in [4.78, 5) is 72.8. The van der Waals surface area contributed by atoms with Crippen LogP contribution >= 0.6 is 0 Å². The lowest BCUT2D eigenvalue weighted by atomic mass is 9.44. The fourth-order valence-corrected chi connectivity index (χ4v) is 14.6. The van der Waals surface area contributed by atoms with Gasteiger partial charge < -0.3 is 48.4 Å². The lowest BCUT2D eigenvalue weighted by molar-refractivity contribution is -0.344. The number of hydrogen-bond donors (Lipinski definition) is 2. The van der Waals surface area contributed by atoms with Crippen molar-refractivity contribution in [2.24, 2.45) is 22.5 Å². The summed E-state index contributed by atoms with van der Waals surface area (Å²) in [5.41, 5.74) is 1.51. The van der Waals surface area contributed by atoms with Crippen molar-refractivity contribution in [3.8, 4) is 0 Å². The Hall–Kier alpha value is -5.07. The molecule has 0 amide bonds. The third-order valence-corrected chi connectivity index (χ3v) is 20.6. The van der Waals surface area contributed by atoms with Crippen LogP contribution in [0.4, 0.5) is 0 Å².